The van der Waals surface area contributed by atoms with Gasteiger partial charge in [0, 0.05) is 19.2 Å². The molecule has 1 amide bonds. The Kier molecular flexibility index (Phi) is 5.62. The van der Waals surface area contributed by atoms with E-state index in [1.54, 1.807) is 12.0 Å². The first-order chi connectivity index (χ1) is 10.2. The lowest BCUT2D eigenvalue weighted by molar-refractivity contribution is -0.133. The van der Waals surface area contributed by atoms with E-state index in [9.17, 15) is 4.79 Å². The summed E-state index contributed by atoms with van der Waals surface area (Å²) in [5.41, 5.74) is 1.04. The number of piperidine rings is 1. The number of ether oxygens (including phenoxy) is 1. The number of carbonyl (C=O) groups is 1. The Morgan fingerprint density at radius 1 is 1.43 bits per heavy atom. The molecular formula is C17H26N2O2. The monoisotopic (exact) mass is 290 g/mol. The van der Waals surface area contributed by atoms with Crippen molar-refractivity contribution in [1.82, 2.24) is 10.2 Å². The van der Waals surface area contributed by atoms with Crippen LogP contribution in [0.5, 0.6) is 5.75 Å². The van der Waals surface area contributed by atoms with Gasteiger partial charge in [0.05, 0.1) is 13.2 Å². The Bertz CT molecular complexity index is 476. The molecule has 1 heterocycles. The van der Waals surface area contributed by atoms with E-state index in [1.165, 1.54) is 6.42 Å². The van der Waals surface area contributed by atoms with E-state index in [-0.39, 0.29) is 11.9 Å². The van der Waals surface area contributed by atoms with E-state index in [4.69, 9.17) is 4.74 Å². The standard InChI is InChI=1S/C17H26N2O2/c1-4-13-9-10-18-15(11-13)17(20)19(2)12-14-7-5-6-8-16(14)21-3/h5-8,13,15,18H,4,9-12H2,1-3H3. The minimum atomic E-state index is -0.0385. The predicted octanol–water partition coefficient (Wildman–Crippen LogP) is 2.43. The third-order valence-corrected chi connectivity index (χ3v) is 4.36. The molecule has 1 aromatic rings. The largest absolute Gasteiger partial charge is 0.496 e. The first-order valence-electron chi connectivity index (χ1n) is 7.76. The molecule has 2 atom stereocenters. The van der Waals surface area contributed by atoms with Crippen LogP contribution in [-0.4, -0.2) is 37.6 Å². The smallest absolute Gasteiger partial charge is 0.239 e. The molecule has 0 bridgehead atoms. The van der Waals surface area contributed by atoms with Crippen LogP contribution in [0, 0.1) is 5.92 Å². The van der Waals surface area contributed by atoms with Crippen LogP contribution in [0.2, 0.25) is 0 Å². The molecule has 4 heteroatoms. The topological polar surface area (TPSA) is 41.6 Å². The number of methoxy groups -OCH3 is 1. The Balaban J connectivity index is 1.99. The molecule has 1 aromatic carbocycles. The number of hydrogen-bond acceptors (Lipinski definition) is 3. The molecular weight excluding hydrogens is 264 g/mol. The second-order valence-electron chi connectivity index (χ2n) is 5.81. The van der Waals surface area contributed by atoms with Crippen LogP contribution in [0.25, 0.3) is 0 Å². The van der Waals surface area contributed by atoms with E-state index >= 15 is 0 Å². The maximum Gasteiger partial charge on any atom is 0.239 e. The summed E-state index contributed by atoms with van der Waals surface area (Å²) in [6.45, 7) is 3.73. The molecule has 0 aliphatic carbocycles. The molecule has 2 unspecified atom stereocenters. The second-order valence-corrected chi connectivity index (χ2v) is 5.81. The molecule has 1 fully saturated rings. The van der Waals surface area contributed by atoms with Crippen LogP contribution in [0.15, 0.2) is 24.3 Å². The molecule has 0 radical (unpaired) electrons. The van der Waals surface area contributed by atoms with Crippen molar-refractivity contribution in [1.29, 1.82) is 0 Å². The number of para-hydroxylation sites is 1. The van der Waals surface area contributed by atoms with Gasteiger partial charge in [-0.05, 0) is 31.4 Å². The SMILES string of the molecule is CCC1CCNC(C(=O)N(C)Cc2ccccc2OC)C1. The number of rotatable bonds is 5. The van der Waals surface area contributed by atoms with Gasteiger partial charge in [0.1, 0.15) is 5.75 Å². The number of nitrogens with zero attached hydrogens (tertiary/aromatic N) is 1. The number of amides is 1. The summed E-state index contributed by atoms with van der Waals surface area (Å²) in [5, 5.41) is 3.36. The van der Waals surface area contributed by atoms with Gasteiger partial charge >= 0.3 is 0 Å². The highest BCUT2D eigenvalue weighted by Gasteiger charge is 2.28. The fourth-order valence-electron chi connectivity index (χ4n) is 2.99. The summed E-state index contributed by atoms with van der Waals surface area (Å²) in [7, 11) is 3.53. The van der Waals surface area contributed by atoms with Crippen molar-refractivity contribution in [3.8, 4) is 5.75 Å². The van der Waals surface area contributed by atoms with Crippen LogP contribution in [0.1, 0.15) is 31.7 Å². The first-order valence-corrected chi connectivity index (χ1v) is 7.76. The number of likely N-dealkylation sites (N-methyl/N-ethyl adjacent to an activating group) is 1. The van der Waals surface area contributed by atoms with Crippen molar-refractivity contribution < 1.29 is 9.53 Å². The predicted molar refractivity (Wildman–Crippen MR) is 84.3 cm³/mol. The minimum absolute atomic E-state index is 0.0385. The molecule has 21 heavy (non-hydrogen) atoms. The highest BCUT2D eigenvalue weighted by molar-refractivity contribution is 5.81. The molecule has 2 rings (SSSR count). The van der Waals surface area contributed by atoms with E-state index in [1.807, 2.05) is 31.3 Å². The number of benzene rings is 1. The lowest BCUT2D eigenvalue weighted by Crippen LogP contribution is -2.49. The maximum absolute atomic E-state index is 12.6. The second kappa shape index (κ2) is 7.46. The van der Waals surface area contributed by atoms with Crippen molar-refractivity contribution in [2.24, 2.45) is 5.92 Å². The van der Waals surface area contributed by atoms with Gasteiger partial charge in [0.2, 0.25) is 5.91 Å². The van der Waals surface area contributed by atoms with Crippen molar-refractivity contribution in [3.63, 3.8) is 0 Å². The minimum Gasteiger partial charge on any atom is -0.496 e. The van der Waals surface area contributed by atoms with Crippen molar-refractivity contribution in [2.75, 3.05) is 20.7 Å². The molecule has 4 nitrogen and oxygen atoms in total. The quantitative estimate of drug-likeness (QED) is 0.905. The van der Waals surface area contributed by atoms with E-state index in [0.29, 0.717) is 12.5 Å². The fraction of sp³-hybridized carbons (Fsp3) is 0.588. The van der Waals surface area contributed by atoms with Crippen molar-refractivity contribution in [2.45, 2.75) is 38.8 Å². The van der Waals surface area contributed by atoms with Crippen LogP contribution in [0.4, 0.5) is 0 Å². The number of nitrogens with one attached hydrogen (secondary N) is 1. The average Bonchev–Trinajstić information content (AvgIpc) is 2.54. The summed E-state index contributed by atoms with van der Waals surface area (Å²) >= 11 is 0. The van der Waals surface area contributed by atoms with Gasteiger partial charge in [-0.3, -0.25) is 4.79 Å². The summed E-state index contributed by atoms with van der Waals surface area (Å²) in [4.78, 5) is 14.4. The lowest BCUT2D eigenvalue weighted by Gasteiger charge is -2.31. The van der Waals surface area contributed by atoms with Gasteiger partial charge in [-0.25, -0.2) is 0 Å². The van der Waals surface area contributed by atoms with Crippen LogP contribution >= 0.6 is 0 Å². The van der Waals surface area contributed by atoms with Crippen LogP contribution in [0.3, 0.4) is 0 Å². The fourth-order valence-corrected chi connectivity index (χ4v) is 2.99. The molecule has 1 N–H and O–H groups in total. The average molecular weight is 290 g/mol. The molecule has 0 aromatic heterocycles. The molecule has 1 aliphatic rings. The normalized spacial score (nSPS) is 21.9. The Hall–Kier alpha value is -1.55. The van der Waals surface area contributed by atoms with Crippen LogP contribution in [-0.2, 0) is 11.3 Å². The van der Waals surface area contributed by atoms with Crippen molar-refractivity contribution >= 4 is 5.91 Å². The number of hydrogen-bond donors (Lipinski definition) is 1. The van der Waals surface area contributed by atoms with E-state index < -0.39 is 0 Å². The third kappa shape index (κ3) is 3.97. The van der Waals surface area contributed by atoms with Gasteiger partial charge in [0.25, 0.3) is 0 Å². The third-order valence-electron chi connectivity index (χ3n) is 4.36. The van der Waals surface area contributed by atoms with Gasteiger partial charge in [0.15, 0.2) is 0 Å². The zero-order valence-electron chi connectivity index (χ0n) is 13.3. The highest BCUT2D eigenvalue weighted by Crippen LogP contribution is 2.22. The van der Waals surface area contributed by atoms with Gasteiger partial charge in [-0.2, -0.15) is 0 Å². The van der Waals surface area contributed by atoms with Gasteiger partial charge < -0.3 is 15.0 Å². The van der Waals surface area contributed by atoms with Crippen LogP contribution < -0.4 is 10.1 Å². The Morgan fingerprint density at radius 2 is 2.19 bits per heavy atom. The number of carbonyl (C=O) groups excluding carboxylic acids is 1. The van der Waals surface area contributed by atoms with E-state index in [0.717, 1.165) is 30.7 Å². The van der Waals surface area contributed by atoms with Crippen molar-refractivity contribution in [3.05, 3.63) is 29.8 Å². The first kappa shape index (κ1) is 15.8. The summed E-state index contributed by atoms with van der Waals surface area (Å²) < 4.78 is 5.35. The Morgan fingerprint density at radius 3 is 2.90 bits per heavy atom. The summed E-state index contributed by atoms with van der Waals surface area (Å²) in [5.74, 6) is 1.68. The summed E-state index contributed by atoms with van der Waals surface area (Å²) in [6, 6.07) is 7.81. The molecule has 116 valence electrons. The van der Waals surface area contributed by atoms with E-state index in [2.05, 4.69) is 12.2 Å². The molecule has 1 saturated heterocycles. The lowest BCUT2D eigenvalue weighted by atomic mass is 9.90. The van der Waals surface area contributed by atoms with Gasteiger partial charge in [-0.1, -0.05) is 31.5 Å². The Labute approximate surface area is 127 Å². The molecule has 1 aliphatic heterocycles. The molecule has 0 saturated carbocycles. The van der Waals surface area contributed by atoms with Gasteiger partial charge in [-0.15, -0.1) is 0 Å². The maximum atomic E-state index is 12.6. The molecule has 0 spiro atoms. The zero-order chi connectivity index (χ0) is 15.2. The zero-order valence-corrected chi connectivity index (χ0v) is 13.3. The highest BCUT2D eigenvalue weighted by atomic mass is 16.5. The summed E-state index contributed by atoms with van der Waals surface area (Å²) in [6.07, 6.45) is 3.28.